The molecule has 0 radical (unpaired) electrons. The van der Waals surface area contributed by atoms with Crippen LogP contribution in [0.1, 0.15) is 23.5 Å². The van der Waals surface area contributed by atoms with E-state index in [9.17, 15) is 8.42 Å². The molecule has 0 saturated carbocycles. The highest BCUT2D eigenvalue weighted by atomic mass is 32.2. The summed E-state index contributed by atoms with van der Waals surface area (Å²) >= 11 is 1.72. The Kier molecular flexibility index (Phi) is 5.17. The summed E-state index contributed by atoms with van der Waals surface area (Å²) < 4.78 is 23.0. The van der Waals surface area contributed by atoms with E-state index in [2.05, 4.69) is 27.1 Å². The predicted octanol–water partition coefficient (Wildman–Crippen LogP) is 1.19. The summed E-state index contributed by atoms with van der Waals surface area (Å²) in [6.45, 7) is 6.84. The van der Waals surface area contributed by atoms with E-state index in [4.69, 9.17) is 0 Å². The Morgan fingerprint density at radius 1 is 1.23 bits per heavy atom. The highest BCUT2D eigenvalue weighted by Crippen LogP contribution is 2.19. The first kappa shape index (κ1) is 16.4. The minimum atomic E-state index is -2.76. The fourth-order valence-electron chi connectivity index (χ4n) is 3.40. The number of piperidine rings is 1. The zero-order valence-electron chi connectivity index (χ0n) is 13.2. The number of likely N-dealkylation sites (tertiary alicyclic amines) is 1. The van der Waals surface area contributed by atoms with E-state index >= 15 is 0 Å². The number of aromatic nitrogens is 1. The Bertz CT molecular complexity index is 578. The van der Waals surface area contributed by atoms with Crippen molar-refractivity contribution < 1.29 is 8.42 Å². The largest absolute Gasteiger partial charge is 0.303 e. The maximum absolute atomic E-state index is 11.5. The molecule has 0 atom stereocenters. The van der Waals surface area contributed by atoms with Crippen LogP contribution in [0.2, 0.25) is 0 Å². The molecular weight excluding hydrogens is 318 g/mol. The van der Waals surface area contributed by atoms with Crippen LogP contribution in [0.15, 0.2) is 5.38 Å². The molecule has 0 aromatic carbocycles. The van der Waals surface area contributed by atoms with Gasteiger partial charge in [-0.05, 0) is 32.9 Å². The average molecular weight is 344 g/mol. The highest BCUT2D eigenvalue weighted by molar-refractivity contribution is 7.91. The first-order valence-electron chi connectivity index (χ1n) is 8.10. The van der Waals surface area contributed by atoms with Crippen LogP contribution in [0.5, 0.6) is 0 Å². The molecule has 2 fully saturated rings. The topological polar surface area (TPSA) is 53.5 Å². The van der Waals surface area contributed by atoms with E-state index in [0.29, 0.717) is 17.5 Å². The second-order valence-electron chi connectivity index (χ2n) is 6.37. The fourth-order valence-corrected chi connectivity index (χ4v) is 5.27. The van der Waals surface area contributed by atoms with Gasteiger partial charge in [0.15, 0.2) is 9.84 Å². The zero-order chi connectivity index (χ0) is 15.6. The van der Waals surface area contributed by atoms with Gasteiger partial charge in [0.25, 0.3) is 0 Å². The number of rotatable bonds is 4. The van der Waals surface area contributed by atoms with Crippen molar-refractivity contribution in [1.82, 2.24) is 14.8 Å². The Balaban J connectivity index is 1.41. The van der Waals surface area contributed by atoms with Crippen molar-refractivity contribution in [2.75, 3.05) is 44.2 Å². The molecule has 0 unspecified atom stereocenters. The second kappa shape index (κ2) is 6.95. The smallest absolute Gasteiger partial charge is 0.152 e. The SMILES string of the molecule is Cc1nc(CCN2CCC(N3CCS(=O)(=O)CC3)CC2)cs1. The summed E-state index contributed by atoms with van der Waals surface area (Å²) in [5.74, 6) is 0.687. The number of thiazole rings is 1. The van der Waals surface area contributed by atoms with E-state index < -0.39 is 9.84 Å². The van der Waals surface area contributed by atoms with Gasteiger partial charge in [-0.25, -0.2) is 13.4 Å². The first-order chi connectivity index (χ1) is 10.5. The molecule has 1 aromatic rings. The Morgan fingerprint density at radius 3 is 2.50 bits per heavy atom. The summed E-state index contributed by atoms with van der Waals surface area (Å²) in [5, 5.41) is 3.31. The highest BCUT2D eigenvalue weighted by Gasteiger charge is 2.29. The van der Waals surface area contributed by atoms with E-state index in [-0.39, 0.29) is 0 Å². The molecule has 2 aliphatic rings. The summed E-state index contributed by atoms with van der Waals surface area (Å²) in [7, 11) is -2.76. The lowest BCUT2D eigenvalue weighted by atomic mass is 10.0. The number of hydrogen-bond acceptors (Lipinski definition) is 6. The molecule has 1 aromatic heterocycles. The Hall–Kier alpha value is -0.500. The molecule has 0 bridgehead atoms. The van der Waals surface area contributed by atoms with Gasteiger partial charge in [0, 0.05) is 37.5 Å². The van der Waals surface area contributed by atoms with E-state index in [1.165, 1.54) is 5.69 Å². The first-order valence-corrected chi connectivity index (χ1v) is 10.8. The normalized spacial score (nSPS) is 24.6. The van der Waals surface area contributed by atoms with Crippen LogP contribution in [0.3, 0.4) is 0 Å². The molecule has 0 amide bonds. The average Bonchev–Trinajstić information content (AvgIpc) is 2.91. The van der Waals surface area contributed by atoms with Crippen LogP contribution in [0.25, 0.3) is 0 Å². The molecule has 2 aliphatic heterocycles. The molecule has 5 nitrogen and oxygen atoms in total. The molecule has 0 N–H and O–H groups in total. The van der Waals surface area contributed by atoms with Crippen molar-refractivity contribution in [3.63, 3.8) is 0 Å². The van der Waals surface area contributed by atoms with Gasteiger partial charge in [0.2, 0.25) is 0 Å². The van der Waals surface area contributed by atoms with Crippen molar-refractivity contribution in [2.24, 2.45) is 0 Å². The molecule has 0 aliphatic carbocycles. The van der Waals surface area contributed by atoms with Crippen LogP contribution in [-0.4, -0.2) is 73.5 Å². The van der Waals surface area contributed by atoms with Gasteiger partial charge in [0.1, 0.15) is 0 Å². The van der Waals surface area contributed by atoms with Gasteiger partial charge in [0.05, 0.1) is 22.2 Å². The van der Waals surface area contributed by atoms with E-state index in [1.807, 2.05) is 0 Å². The van der Waals surface area contributed by atoms with Crippen molar-refractivity contribution in [3.05, 3.63) is 16.1 Å². The van der Waals surface area contributed by atoms with Gasteiger partial charge in [-0.15, -0.1) is 11.3 Å². The fraction of sp³-hybridized carbons (Fsp3) is 0.800. The van der Waals surface area contributed by atoms with Gasteiger partial charge in [-0.2, -0.15) is 0 Å². The molecule has 7 heteroatoms. The molecular formula is C15H25N3O2S2. The molecule has 3 heterocycles. The van der Waals surface area contributed by atoms with Crippen molar-refractivity contribution >= 4 is 21.2 Å². The summed E-state index contributed by atoms with van der Waals surface area (Å²) in [6, 6.07) is 0.577. The standard InChI is InChI=1S/C15H25N3O2S2/c1-13-16-14(12-21-13)2-5-17-6-3-15(4-7-17)18-8-10-22(19,20)11-9-18/h12,15H,2-11H2,1H3. The predicted molar refractivity (Wildman–Crippen MR) is 90.2 cm³/mol. The van der Waals surface area contributed by atoms with Gasteiger partial charge in [-0.1, -0.05) is 0 Å². The third-order valence-corrected chi connectivity index (χ3v) is 7.23. The van der Waals surface area contributed by atoms with Crippen LogP contribution in [-0.2, 0) is 16.3 Å². The molecule has 3 rings (SSSR count). The number of nitrogens with zero attached hydrogens (tertiary/aromatic N) is 3. The maximum Gasteiger partial charge on any atom is 0.152 e. The maximum atomic E-state index is 11.5. The Morgan fingerprint density at radius 2 is 1.91 bits per heavy atom. The van der Waals surface area contributed by atoms with Crippen LogP contribution in [0, 0.1) is 6.92 Å². The number of hydrogen-bond donors (Lipinski definition) is 0. The third-order valence-electron chi connectivity index (χ3n) is 4.80. The second-order valence-corrected chi connectivity index (χ2v) is 9.73. The summed E-state index contributed by atoms with van der Waals surface area (Å²) in [6.07, 6.45) is 3.36. The minimum absolute atomic E-state index is 0.344. The van der Waals surface area contributed by atoms with Crippen molar-refractivity contribution in [3.8, 4) is 0 Å². The molecule has 22 heavy (non-hydrogen) atoms. The number of sulfone groups is 1. The van der Waals surface area contributed by atoms with Gasteiger partial charge in [-0.3, -0.25) is 4.90 Å². The van der Waals surface area contributed by atoms with E-state index in [1.54, 1.807) is 11.3 Å². The van der Waals surface area contributed by atoms with Gasteiger partial charge < -0.3 is 4.90 Å². The lowest BCUT2D eigenvalue weighted by Gasteiger charge is -2.40. The Labute approximate surface area is 137 Å². The van der Waals surface area contributed by atoms with E-state index in [0.717, 1.165) is 57.0 Å². The number of aryl methyl sites for hydroxylation is 1. The molecule has 2 saturated heterocycles. The lowest BCUT2D eigenvalue weighted by molar-refractivity contribution is 0.115. The zero-order valence-corrected chi connectivity index (χ0v) is 14.8. The van der Waals surface area contributed by atoms with Crippen molar-refractivity contribution in [2.45, 2.75) is 32.2 Å². The van der Waals surface area contributed by atoms with Crippen molar-refractivity contribution in [1.29, 1.82) is 0 Å². The molecule has 0 spiro atoms. The minimum Gasteiger partial charge on any atom is -0.303 e. The van der Waals surface area contributed by atoms with Gasteiger partial charge >= 0.3 is 0 Å². The lowest BCUT2D eigenvalue weighted by Crippen LogP contribution is -2.50. The summed E-state index contributed by atoms with van der Waals surface area (Å²) in [5.41, 5.74) is 1.21. The molecule has 124 valence electrons. The third kappa shape index (κ3) is 4.28. The quantitative estimate of drug-likeness (QED) is 0.822. The van der Waals surface area contributed by atoms with Crippen LogP contribution in [0.4, 0.5) is 0 Å². The summed E-state index contributed by atoms with van der Waals surface area (Å²) in [4.78, 5) is 9.43. The monoisotopic (exact) mass is 343 g/mol. The van der Waals surface area contributed by atoms with Crippen LogP contribution >= 0.6 is 11.3 Å². The van der Waals surface area contributed by atoms with Crippen LogP contribution < -0.4 is 0 Å².